The smallest absolute Gasteiger partial charge is 0.312 e. The Morgan fingerprint density at radius 1 is 1.23 bits per heavy atom. The first kappa shape index (κ1) is 21.3. The monoisotopic (exact) mass is 471 g/mol. The highest BCUT2D eigenvalue weighted by molar-refractivity contribution is 5.90. The SMILES string of the molecule is Cc1cc(-c2nnc(C(=O)N3CCc4[nH]cnc4[C@@H]3c3cc4c(C(C)C)cccn4n3)o2)nn1C. The zero-order valence-electron chi connectivity index (χ0n) is 19.9. The third-order valence-electron chi connectivity index (χ3n) is 6.58. The van der Waals surface area contributed by atoms with Gasteiger partial charge in [-0.1, -0.05) is 19.9 Å². The minimum absolute atomic E-state index is 0.0843. The van der Waals surface area contributed by atoms with Gasteiger partial charge in [-0.15, -0.1) is 10.2 Å². The summed E-state index contributed by atoms with van der Waals surface area (Å²) in [5.74, 6) is 0.0934. The van der Waals surface area contributed by atoms with Gasteiger partial charge in [0.2, 0.25) is 0 Å². The van der Waals surface area contributed by atoms with Gasteiger partial charge in [-0.25, -0.2) is 9.50 Å². The molecule has 0 radical (unpaired) electrons. The first-order valence-corrected chi connectivity index (χ1v) is 11.6. The van der Waals surface area contributed by atoms with E-state index in [1.807, 2.05) is 42.9 Å². The van der Waals surface area contributed by atoms with Crippen molar-refractivity contribution in [2.75, 3.05) is 6.54 Å². The van der Waals surface area contributed by atoms with Crippen molar-refractivity contribution >= 4 is 11.4 Å². The minimum Gasteiger partial charge on any atom is -0.411 e. The predicted molar refractivity (Wildman–Crippen MR) is 126 cm³/mol. The van der Waals surface area contributed by atoms with Gasteiger partial charge in [0.05, 0.1) is 23.2 Å². The summed E-state index contributed by atoms with van der Waals surface area (Å²) in [6, 6.07) is 7.49. The molecule has 0 aromatic carbocycles. The lowest BCUT2D eigenvalue weighted by Gasteiger charge is -2.32. The van der Waals surface area contributed by atoms with Crippen molar-refractivity contribution in [1.82, 2.24) is 44.5 Å². The Hall–Kier alpha value is -4.28. The van der Waals surface area contributed by atoms with Crippen LogP contribution in [0.15, 0.2) is 41.2 Å². The molecule has 0 aliphatic carbocycles. The molecule has 1 aliphatic heterocycles. The van der Waals surface area contributed by atoms with E-state index in [0.29, 0.717) is 24.6 Å². The molecule has 11 nitrogen and oxygen atoms in total. The first-order chi connectivity index (χ1) is 16.9. The van der Waals surface area contributed by atoms with Crippen LogP contribution in [0.25, 0.3) is 17.1 Å². The summed E-state index contributed by atoms with van der Waals surface area (Å²) in [6.45, 7) is 6.70. The average Bonchev–Trinajstić information content (AvgIpc) is 3.63. The zero-order valence-corrected chi connectivity index (χ0v) is 19.9. The van der Waals surface area contributed by atoms with Crippen LogP contribution in [-0.2, 0) is 13.5 Å². The zero-order chi connectivity index (χ0) is 24.3. The Morgan fingerprint density at radius 3 is 2.86 bits per heavy atom. The number of hydrogen-bond acceptors (Lipinski definition) is 7. The highest BCUT2D eigenvalue weighted by atomic mass is 16.4. The number of rotatable bonds is 4. The third kappa shape index (κ3) is 3.42. The number of H-pyrrole nitrogens is 1. The molecule has 6 heterocycles. The average molecular weight is 472 g/mol. The van der Waals surface area contributed by atoms with Gasteiger partial charge < -0.3 is 14.3 Å². The van der Waals surface area contributed by atoms with Gasteiger partial charge in [-0.05, 0) is 36.6 Å². The Morgan fingerprint density at radius 2 is 2.09 bits per heavy atom. The number of carbonyl (C=O) groups is 1. The quantitative estimate of drug-likeness (QED) is 0.427. The van der Waals surface area contributed by atoms with Crippen molar-refractivity contribution in [2.45, 2.75) is 39.2 Å². The standard InChI is InChI=1S/C24H25N9O2/c1-13(2)15-6-5-8-33-19(15)11-17(30-33)21-20-16(25-12-26-20)7-9-32(21)24(34)23-28-27-22(35-23)18-10-14(3)31(4)29-18/h5-6,8,10-13,21H,7,9H2,1-4H3,(H,25,26)/t21-/m0/s1. The molecular formula is C24H25N9O2. The van der Waals surface area contributed by atoms with Crippen LogP contribution in [0.4, 0.5) is 0 Å². The maximum atomic E-state index is 13.7. The van der Waals surface area contributed by atoms with E-state index >= 15 is 0 Å². The van der Waals surface area contributed by atoms with Gasteiger partial charge in [0.1, 0.15) is 11.7 Å². The predicted octanol–water partition coefficient (Wildman–Crippen LogP) is 3.06. The van der Waals surface area contributed by atoms with Crippen LogP contribution in [0.3, 0.4) is 0 Å². The number of hydrogen-bond donors (Lipinski definition) is 1. The first-order valence-electron chi connectivity index (χ1n) is 11.6. The second-order valence-electron chi connectivity index (χ2n) is 9.14. The Bertz CT molecular complexity index is 1530. The van der Waals surface area contributed by atoms with Crippen LogP contribution in [0.5, 0.6) is 0 Å². The van der Waals surface area contributed by atoms with E-state index in [1.54, 1.807) is 15.9 Å². The van der Waals surface area contributed by atoms with Crippen molar-refractivity contribution in [3.8, 4) is 11.6 Å². The summed E-state index contributed by atoms with van der Waals surface area (Å²) < 4.78 is 9.35. The van der Waals surface area contributed by atoms with Crippen LogP contribution < -0.4 is 0 Å². The summed E-state index contributed by atoms with van der Waals surface area (Å²) in [4.78, 5) is 23.1. The molecule has 1 atom stereocenters. The van der Waals surface area contributed by atoms with Crippen molar-refractivity contribution in [3.05, 3.63) is 71.0 Å². The summed E-state index contributed by atoms with van der Waals surface area (Å²) in [5, 5.41) is 17.3. The molecule has 0 saturated carbocycles. The van der Waals surface area contributed by atoms with E-state index in [1.165, 1.54) is 5.56 Å². The summed E-state index contributed by atoms with van der Waals surface area (Å²) in [5.41, 5.74) is 6.19. The number of aromatic amines is 1. The van der Waals surface area contributed by atoms with Crippen LogP contribution in [0.1, 0.15) is 64.8 Å². The van der Waals surface area contributed by atoms with Gasteiger partial charge in [0.25, 0.3) is 5.89 Å². The Labute approximate surface area is 200 Å². The number of aromatic nitrogens is 8. The summed E-state index contributed by atoms with van der Waals surface area (Å²) in [7, 11) is 1.83. The second kappa shape index (κ2) is 7.90. The van der Waals surface area contributed by atoms with E-state index in [2.05, 4.69) is 45.2 Å². The van der Waals surface area contributed by atoms with Crippen LogP contribution in [0.2, 0.25) is 0 Å². The van der Waals surface area contributed by atoms with E-state index in [9.17, 15) is 4.79 Å². The number of nitrogens with one attached hydrogen (secondary N) is 1. The topological polar surface area (TPSA) is 123 Å². The van der Waals surface area contributed by atoms with Crippen LogP contribution in [-0.4, -0.2) is 56.9 Å². The highest BCUT2D eigenvalue weighted by Crippen LogP contribution is 2.35. The summed E-state index contributed by atoms with van der Waals surface area (Å²) >= 11 is 0. The van der Waals surface area contributed by atoms with Gasteiger partial charge in [-0.3, -0.25) is 9.48 Å². The van der Waals surface area contributed by atoms with E-state index < -0.39 is 6.04 Å². The van der Waals surface area contributed by atoms with Crippen LogP contribution in [0, 0.1) is 6.92 Å². The fourth-order valence-corrected chi connectivity index (χ4v) is 4.67. The van der Waals surface area contributed by atoms with Crippen molar-refractivity contribution in [1.29, 1.82) is 0 Å². The highest BCUT2D eigenvalue weighted by Gasteiger charge is 2.38. The molecule has 6 rings (SSSR count). The molecule has 1 aliphatic rings. The number of nitrogens with zero attached hydrogens (tertiary/aromatic N) is 8. The van der Waals surface area contributed by atoms with Gasteiger partial charge in [0.15, 0.2) is 0 Å². The summed E-state index contributed by atoms with van der Waals surface area (Å²) in [6.07, 6.45) is 4.22. The van der Waals surface area contributed by atoms with Crippen molar-refractivity contribution in [2.24, 2.45) is 7.05 Å². The minimum atomic E-state index is -0.482. The molecule has 5 aromatic heterocycles. The molecule has 11 heteroatoms. The largest absolute Gasteiger partial charge is 0.411 e. The molecule has 5 aromatic rings. The van der Waals surface area contributed by atoms with Crippen LogP contribution >= 0.6 is 0 Å². The van der Waals surface area contributed by atoms with Gasteiger partial charge in [-0.2, -0.15) is 10.2 Å². The fraction of sp³-hybridized carbons (Fsp3) is 0.333. The van der Waals surface area contributed by atoms with E-state index in [0.717, 1.165) is 28.3 Å². The lowest BCUT2D eigenvalue weighted by atomic mass is 9.98. The maximum Gasteiger partial charge on any atom is 0.312 e. The number of imidazole rings is 1. The molecule has 0 bridgehead atoms. The molecule has 178 valence electrons. The molecule has 1 N–H and O–H groups in total. The molecular weight excluding hydrogens is 446 g/mol. The number of pyridine rings is 1. The molecule has 35 heavy (non-hydrogen) atoms. The van der Waals surface area contributed by atoms with Gasteiger partial charge in [0, 0.05) is 37.6 Å². The maximum absolute atomic E-state index is 13.7. The van der Waals surface area contributed by atoms with Crippen molar-refractivity contribution < 1.29 is 9.21 Å². The molecule has 0 fully saturated rings. The lowest BCUT2D eigenvalue weighted by molar-refractivity contribution is 0.0646. The number of carbonyl (C=O) groups excluding carboxylic acids is 1. The fourth-order valence-electron chi connectivity index (χ4n) is 4.67. The molecule has 1 amide bonds. The Balaban J connectivity index is 1.41. The molecule has 0 saturated heterocycles. The second-order valence-corrected chi connectivity index (χ2v) is 9.14. The normalized spacial score (nSPS) is 15.8. The number of amides is 1. The molecule has 0 spiro atoms. The van der Waals surface area contributed by atoms with E-state index in [4.69, 9.17) is 9.52 Å². The third-order valence-corrected chi connectivity index (χ3v) is 6.58. The molecule has 0 unspecified atom stereocenters. The number of fused-ring (bicyclic) bond motifs is 2. The van der Waals surface area contributed by atoms with Gasteiger partial charge >= 0.3 is 11.8 Å². The van der Waals surface area contributed by atoms with E-state index in [-0.39, 0.29) is 17.7 Å². The Kier molecular flexibility index (Phi) is 4.80. The van der Waals surface area contributed by atoms with Crippen molar-refractivity contribution in [3.63, 3.8) is 0 Å². The lowest BCUT2D eigenvalue weighted by Crippen LogP contribution is -2.41. The number of aryl methyl sites for hydroxylation is 2.